The molecule has 0 N–H and O–H groups in total. The minimum Gasteiger partial charge on any atom is -0.258 e. The Morgan fingerprint density at radius 2 is 2.27 bits per heavy atom. The third-order valence-corrected chi connectivity index (χ3v) is 1.36. The Labute approximate surface area is 69.3 Å². The smallest absolute Gasteiger partial charge is 0.258 e. The lowest BCUT2D eigenvalue weighted by atomic mass is 10.4. The van der Waals surface area contributed by atoms with Crippen molar-refractivity contribution in [3.63, 3.8) is 0 Å². The standard InChI is InChI=1S/C5H2BrFN2O2/c6-4-1-3(9(10)11)2-5(7)8-4/h1-2H. The third-order valence-electron chi connectivity index (χ3n) is 0.958. The Balaban J connectivity index is 3.19. The minimum absolute atomic E-state index is 0.115. The molecule has 0 saturated heterocycles. The molecule has 0 spiro atoms. The number of hydrogen-bond acceptors (Lipinski definition) is 3. The Bertz CT molecular complexity index is 284. The van der Waals surface area contributed by atoms with Gasteiger partial charge in [-0.1, -0.05) is 0 Å². The normalized spacial score (nSPS) is 9.64. The monoisotopic (exact) mass is 220 g/mol. The van der Waals surface area contributed by atoms with Crippen LogP contribution >= 0.6 is 15.9 Å². The highest BCUT2D eigenvalue weighted by Gasteiger charge is 2.08. The topological polar surface area (TPSA) is 56.0 Å². The fourth-order valence-electron chi connectivity index (χ4n) is 0.558. The molecule has 0 fully saturated rings. The highest BCUT2D eigenvalue weighted by atomic mass is 79.9. The summed E-state index contributed by atoms with van der Waals surface area (Å²) in [6, 6.07) is 1.88. The molecule has 0 aromatic carbocycles. The predicted octanol–water partition coefficient (Wildman–Crippen LogP) is 1.89. The molecule has 0 bridgehead atoms. The zero-order valence-electron chi connectivity index (χ0n) is 5.12. The van der Waals surface area contributed by atoms with E-state index in [9.17, 15) is 14.5 Å². The molecule has 0 aliphatic carbocycles. The van der Waals surface area contributed by atoms with E-state index in [2.05, 4.69) is 20.9 Å². The second kappa shape index (κ2) is 2.91. The lowest BCUT2D eigenvalue weighted by Crippen LogP contribution is -1.91. The average molecular weight is 221 g/mol. The van der Waals surface area contributed by atoms with Gasteiger partial charge in [0.2, 0.25) is 5.95 Å². The second-order valence-electron chi connectivity index (χ2n) is 1.73. The lowest BCUT2D eigenvalue weighted by molar-refractivity contribution is -0.385. The van der Waals surface area contributed by atoms with Gasteiger partial charge in [-0.3, -0.25) is 10.1 Å². The Kier molecular flexibility index (Phi) is 2.13. The molecule has 1 rings (SSSR count). The van der Waals surface area contributed by atoms with E-state index in [4.69, 9.17) is 0 Å². The molecule has 58 valence electrons. The van der Waals surface area contributed by atoms with E-state index in [-0.39, 0.29) is 10.3 Å². The maximum atomic E-state index is 12.3. The second-order valence-corrected chi connectivity index (χ2v) is 2.54. The van der Waals surface area contributed by atoms with Crippen molar-refractivity contribution in [2.45, 2.75) is 0 Å². The molecular formula is C5H2BrFN2O2. The predicted molar refractivity (Wildman–Crippen MR) is 38.5 cm³/mol. The summed E-state index contributed by atoms with van der Waals surface area (Å²) >= 11 is 2.83. The molecule has 0 atom stereocenters. The molecule has 1 aromatic rings. The fraction of sp³-hybridized carbons (Fsp3) is 0. The van der Waals surface area contributed by atoms with Crippen LogP contribution in [0.5, 0.6) is 0 Å². The Morgan fingerprint density at radius 3 is 2.73 bits per heavy atom. The van der Waals surface area contributed by atoms with Crippen molar-refractivity contribution < 1.29 is 9.31 Å². The number of aromatic nitrogens is 1. The van der Waals surface area contributed by atoms with Crippen LogP contribution in [0.25, 0.3) is 0 Å². The van der Waals surface area contributed by atoms with Gasteiger partial charge >= 0.3 is 0 Å². The first-order valence-corrected chi connectivity index (χ1v) is 3.36. The van der Waals surface area contributed by atoms with Crippen LogP contribution in [0.4, 0.5) is 10.1 Å². The molecule has 0 saturated carbocycles. The summed E-state index contributed by atoms with van der Waals surface area (Å²) in [5, 5.41) is 10.1. The third kappa shape index (κ3) is 1.94. The Morgan fingerprint density at radius 1 is 1.64 bits per heavy atom. The minimum atomic E-state index is -0.869. The molecule has 0 radical (unpaired) electrons. The molecule has 0 amide bonds. The zero-order chi connectivity index (χ0) is 8.43. The summed E-state index contributed by atoms with van der Waals surface area (Å²) in [5.74, 6) is -0.869. The zero-order valence-corrected chi connectivity index (χ0v) is 6.71. The summed E-state index contributed by atoms with van der Waals surface area (Å²) in [4.78, 5) is 12.7. The van der Waals surface area contributed by atoms with E-state index in [0.29, 0.717) is 0 Å². The molecule has 0 aliphatic rings. The Hall–Kier alpha value is -1.04. The van der Waals surface area contributed by atoms with Crippen molar-refractivity contribution in [3.8, 4) is 0 Å². The van der Waals surface area contributed by atoms with Gasteiger partial charge in [0.25, 0.3) is 5.69 Å². The summed E-state index contributed by atoms with van der Waals surface area (Å²) in [5.41, 5.74) is -0.315. The quantitative estimate of drug-likeness (QED) is 0.413. The van der Waals surface area contributed by atoms with Crippen molar-refractivity contribution in [3.05, 3.63) is 32.8 Å². The summed E-state index contributed by atoms with van der Waals surface area (Å²) in [6.45, 7) is 0. The van der Waals surface area contributed by atoms with Crippen molar-refractivity contribution in [2.24, 2.45) is 0 Å². The van der Waals surface area contributed by atoms with E-state index < -0.39 is 10.9 Å². The van der Waals surface area contributed by atoms with Crippen LogP contribution < -0.4 is 0 Å². The number of nitro groups is 1. The molecular weight excluding hydrogens is 219 g/mol. The van der Waals surface area contributed by atoms with Crippen LogP contribution in [0.1, 0.15) is 0 Å². The van der Waals surface area contributed by atoms with Crippen molar-refractivity contribution in [1.82, 2.24) is 4.98 Å². The van der Waals surface area contributed by atoms with Gasteiger partial charge in [-0.05, 0) is 15.9 Å². The van der Waals surface area contributed by atoms with Crippen molar-refractivity contribution >= 4 is 21.6 Å². The van der Waals surface area contributed by atoms with Crippen LogP contribution in [0.15, 0.2) is 16.7 Å². The van der Waals surface area contributed by atoms with Crippen LogP contribution in [0, 0.1) is 16.1 Å². The van der Waals surface area contributed by atoms with Crippen LogP contribution in [0.2, 0.25) is 0 Å². The maximum absolute atomic E-state index is 12.3. The highest BCUT2D eigenvalue weighted by molar-refractivity contribution is 9.10. The number of rotatable bonds is 1. The first-order chi connectivity index (χ1) is 5.09. The van der Waals surface area contributed by atoms with Gasteiger partial charge in [-0.15, -0.1) is 0 Å². The van der Waals surface area contributed by atoms with Gasteiger partial charge in [-0.2, -0.15) is 4.39 Å². The summed E-state index contributed by atoms with van der Waals surface area (Å²) < 4.78 is 12.5. The van der Waals surface area contributed by atoms with Crippen LogP contribution in [0.3, 0.4) is 0 Å². The van der Waals surface area contributed by atoms with Gasteiger partial charge in [0.05, 0.1) is 11.0 Å². The van der Waals surface area contributed by atoms with Gasteiger partial charge in [-0.25, -0.2) is 4.98 Å². The van der Waals surface area contributed by atoms with Gasteiger partial charge in [0, 0.05) is 6.07 Å². The van der Waals surface area contributed by atoms with Gasteiger partial charge < -0.3 is 0 Å². The number of pyridine rings is 1. The van der Waals surface area contributed by atoms with Crippen LogP contribution in [-0.2, 0) is 0 Å². The van der Waals surface area contributed by atoms with Gasteiger partial charge in [0.15, 0.2) is 0 Å². The summed E-state index contributed by atoms with van der Waals surface area (Å²) in [6.07, 6.45) is 0. The largest absolute Gasteiger partial charge is 0.276 e. The fourth-order valence-corrected chi connectivity index (χ4v) is 0.962. The lowest BCUT2D eigenvalue weighted by Gasteiger charge is -1.91. The molecule has 1 aromatic heterocycles. The van der Waals surface area contributed by atoms with Crippen molar-refractivity contribution in [2.75, 3.05) is 0 Å². The first-order valence-electron chi connectivity index (χ1n) is 2.57. The molecule has 6 heteroatoms. The van der Waals surface area contributed by atoms with Gasteiger partial charge in [0.1, 0.15) is 4.60 Å². The molecule has 1 heterocycles. The maximum Gasteiger partial charge on any atom is 0.276 e. The molecule has 11 heavy (non-hydrogen) atoms. The molecule has 4 nitrogen and oxygen atoms in total. The number of nitrogens with zero attached hydrogens (tertiary/aromatic N) is 2. The first kappa shape index (κ1) is 8.06. The number of halogens is 2. The molecule has 0 unspecified atom stereocenters. The van der Waals surface area contributed by atoms with E-state index in [1.807, 2.05) is 0 Å². The van der Waals surface area contributed by atoms with E-state index in [1.54, 1.807) is 0 Å². The van der Waals surface area contributed by atoms with E-state index in [0.717, 1.165) is 12.1 Å². The van der Waals surface area contributed by atoms with Crippen LogP contribution in [-0.4, -0.2) is 9.91 Å². The van der Waals surface area contributed by atoms with Crippen molar-refractivity contribution in [1.29, 1.82) is 0 Å². The highest BCUT2D eigenvalue weighted by Crippen LogP contribution is 2.16. The summed E-state index contributed by atoms with van der Waals surface area (Å²) in [7, 11) is 0. The average Bonchev–Trinajstić information content (AvgIpc) is 1.85. The van der Waals surface area contributed by atoms with E-state index >= 15 is 0 Å². The molecule has 0 aliphatic heterocycles. The number of hydrogen-bond donors (Lipinski definition) is 0. The van der Waals surface area contributed by atoms with E-state index in [1.165, 1.54) is 0 Å². The SMILES string of the molecule is O=[N+]([O-])c1cc(F)nc(Br)c1.